The van der Waals surface area contributed by atoms with Gasteiger partial charge in [-0.15, -0.1) is 0 Å². The van der Waals surface area contributed by atoms with Crippen molar-refractivity contribution in [3.63, 3.8) is 0 Å². The summed E-state index contributed by atoms with van der Waals surface area (Å²) in [7, 11) is 0. The molecule has 0 spiro atoms. The molecular weight excluding hydrogens is 852 g/mol. The molecule has 0 aliphatic heterocycles. The van der Waals surface area contributed by atoms with Gasteiger partial charge in [0.25, 0.3) is 11.9 Å². The van der Waals surface area contributed by atoms with E-state index in [4.69, 9.17) is 47.1 Å². The van der Waals surface area contributed by atoms with Crippen molar-refractivity contribution in [1.82, 2.24) is 0 Å². The van der Waals surface area contributed by atoms with E-state index in [1.54, 1.807) is 0 Å². The largest absolute Gasteiger partial charge is 0.663 e. The zero-order chi connectivity index (χ0) is 26.6. The minimum atomic E-state index is -1.38. The summed E-state index contributed by atoms with van der Waals surface area (Å²) in [5, 5.41) is 32.7. The average molecular weight is 884 g/mol. The first-order valence-electron chi connectivity index (χ1n) is 10.3. The smallest absolute Gasteiger partial charge is 0.322 e. The zero-order valence-corrected chi connectivity index (χ0v) is 24.1. The fraction of sp³-hybridized carbons (Fsp3) is 0.348. The van der Waals surface area contributed by atoms with Crippen molar-refractivity contribution in [2.75, 3.05) is 19.8 Å². The maximum atomic E-state index is 10.3. The Morgan fingerprint density at radius 3 is 1.38 bits per heavy atom. The number of nitrogens with one attached hydrogen (secondary N) is 2. The second-order valence-electron chi connectivity index (χ2n) is 6.91. The molecule has 14 heteroatoms. The van der Waals surface area contributed by atoms with Crippen LogP contribution < -0.4 is 5.73 Å². The monoisotopic (exact) mass is 883 g/mol. The van der Waals surface area contributed by atoms with E-state index < -0.39 is 42.6 Å². The van der Waals surface area contributed by atoms with Gasteiger partial charge in [-0.05, 0) is 23.2 Å². The van der Waals surface area contributed by atoms with E-state index in [1.165, 1.54) is 0 Å². The van der Waals surface area contributed by atoms with Crippen LogP contribution in [-0.4, -0.2) is 76.3 Å². The van der Waals surface area contributed by atoms with Crippen LogP contribution in [0.25, 0.3) is 11.5 Å². The van der Waals surface area contributed by atoms with E-state index in [2.05, 4.69) is 0 Å². The molecule has 0 aromatic heterocycles. The average Bonchev–Trinajstić information content (AvgIpc) is 2.85. The number of benzene rings is 2. The third kappa shape index (κ3) is 21.7. The van der Waals surface area contributed by atoms with E-state index in [0.29, 0.717) is 13.2 Å². The van der Waals surface area contributed by atoms with Gasteiger partial charge in [0.15, 0.2) is 0 Å². The van der Waals surface area contributed by atoms with Crippen LogP contribution in [0.1, 0.15) is 11.1 Å². The summed E-state index contributed by atoms with van der Waals surface area (Å²) in [6.07, 6.45) is 0. The first-order valence-corrected chi connectivity index (χ1v) is 10.3. The Morgan fingerprint density at radius 2 is 1.08 bits per heavy atom. The van der Waals surface area contributed by atoms with Gasteiger partial charge in [0.05, 0.1) is 19.8 Å². The van der Waals surface area contributed by atoms with Crippen molar-refractivity contribution in [3.8, 4) is 0 Å². The van der Waals surface area contributed by atoms with Gasteiger partial charge in [0, 0.05) is 55.3 Å². The Morgan fingerprint density at radius 1 is 0.703 bits per heavy atom. The number of carboxylic acid groups (broad SMARTS) is 3. The van der Waals surface area contributed by atoms with Crippen molar-refractivity contribution in [2.45, 2.75) is 31.3 Å². The molecule has 0 radical (unpaired) electrons. The van der Waals surface area contributed by atoms with Crippen molar-refractivity contribution >= 4 is 17.9 Å². The molecule has 0 fully saturated rings. The molecule has 3 atom stereocenters. The number of nitrogens with two attached hydrogens (primary N) is 1. The minimum absolute atomic E-state index is 0. The quantitative estimate of drug-likeness (QED) is 0.208. The van der Waals surface area contributed by atoms with Crippen molar-refractivity contribution in [3.05, 3.63) is 83.3 Å². The van der Waals surface area contributed by atoms with Crippen LogP contribution in [-0.2, 0) is 79.2 Å². The SMILES string of the molecule is NC(COCc1ccccc1)C(=O)O.[NH-]C(CO)C(=O)O.[NH-]C(COCc1ccccc1)C(=O)O.[Pt].[Pt]. The van der Waals surface area contributed by atoms with Gasteiger partial charge in [-0.25, -0.2) is 0 Å². The molecule has 0 aliphatic carbocycles. The van der Waals surface area contributed by atoms with E-state index in [1.807, 2.05) is 60.7 Å². The van der Waals surface area contributed by atoms with Crippen LogP contribution in [0.4, 0.5) is 0 Å². The van der Waals surface area contributed by atoms with Gasteiger partial charge in [-0.3, -0.25) is 14.4 Å². The van der Waals surface area contributed by atoms with Gasteiger partial charge in [-0.1, -0.05) is 60.7 Å². The second-order valence-corrected chi connectivity index (χ2v) is 6.91. The molecule has 3 unspecified atom stereocenters. The summed E-state index contributed by atoms with van der Waals surface area (Å²) >= 11 is 0. The maximum absolute atomic E-state index is 10.3. The van der Waals surface area contributed by atoms with Crippen molar-refractivity contribution in [1.29, 1.82) is 0 Å². The van der Waals surface area contributed by atoms with Gasteiger partial charge in [0.1, 0.15) is 6.04 Å². The van der Waals surface area contributed by atoms with Crippen molar-refractivity contribution in [2.24, 2.45) is 5.73 Å². The first kappa shape index (κ1) is 39.5. The molecule has 0 heterocycles. The number of carboxylic acids is 3. The first-order chi connectivity index (χ1) is 16.6. The van der Waals surface area contributed by atoms with E-state index in [9.17, 15) is 14.4 Å². The van der Waals surface area contributed by atoms with Gasteiger partial charge in [0.2, 0.25) is 0 Å². The van der Waals surface area contributed by atoms with Crippen LogP contribution >= 0.6 is 0 Å². The number of aliphatic hydroxyl groups excluding tert-OH is 1. The second kappa shape index (κ2) is 24.3. The molecular formula is C23H31N3O9Pt2-2. The molecule has 37 heavy (non-hydrogen) atoms. The Kier molecular flexibility index (Phi) is 26.0. The predicted octanol–water partition coefficient (Wildman–Crippen LogP) is 1.80. The minimum Gasteiger partial charge on any atom is -0.663 e. The molecule has 0 saturated heterocycles. The number of rotatable bonds is 12. The van der Waals surface area contributed by atoms with Gasteiger partial charge >= 0.3 is 5.97 Å². The molecule has 0 bridgehead atoms. The molecule has 2 aromatic rings. The zero-order valence-electron chi connectivity index (χ0n) is 19.6. The Labute approximate surface area is 243 Å². The van der Waals surface area contributed by atoms with Crippen LogP contribution in [0.3, 0.4) is 0 Å². The molecule has 2 rings (SSSR count). The molecule has 12 nitrogen and oxygen atoms in total. The van der Waals surface area contributed by atoms with Gasteiger partial charge in [-0.2, -0.15) is 0 Å². The number of ether oxygens (including phenoxy) is 2. The predicted molar refractivity (Wildman–Crippen MR) is 126 cm³/mol. The standard InChI is InChI=1S/C10H13NO3.C10H12NO3.C3H6NO3.2Pt/c2*11-9(10(12)13)7-14-6-8-4-2-1-3-5-8;4-2(1-5)3(6)7;;/h1-5,9H,6-7,11H2,(H,12,13);1-5,9,11H,6-7H2,(H,12,13);2,4-5H,1H2,(H,6,7);;/q;2*-1;;. The number of aliphatic hydroxyl groups is 1. The Bertz CT molecular complexity index is 804. The summed E-state index contributed by atoms with van der Waals surface area (Å²) < 4.78 is 10.2. The van der Waals surface area contributed by atoms with Crippen LogP contribution in [0, 0.1) is 0 Å². The molecule has 2 aromatic carbocycles. The fourth-order valence-electron chi connectivity index (χ4n) is 1.97. The summed E-state index contributed by atoms with van der Waals surface area (Å²) in [4.78, 5) is 30.2. The summed E-state index contributed by atoms with van der Waals surface area (Å²) in [6.45, 7) is 0.0785. The molecule has 0 amide bonds. The Balaban J connectivity index is -0.000000482. The van der Waals surface area contributed by atoms with E-state index in [-0.39, 0.29) is 55.3 Å². The van der Waals surface area contributed by atoms with Crippen LogP contribution in [0.5, 0.6) is 0 Å². The number of carbonyl (C=O) groups is 3. The topological polar surface area (TPSA) is 224 Å². The van der Waals surface area contributed by atoms with Crippen LogP contribution in [0.15, 0.2) is 60.7 Å². The normalized spacial score (nSPS) is 11.9. The number of hydrogen-bond donors (Lipinski definition) is 5. The summed E-state index contributed by atoms with van der Waals surface area (Å²) in [5.41, 5.74) is 20.7. The third-order valence-corrected chi connectivity index (χ3v) is 3.90. The third-order valence-electron chi connectivity index (χ3n) is 3.90. The number of hydrogen-bond acceptors (Lipinski definition) is 7. The Hall–Kier alpha value is -2.01. The summed E-state index contributed by atoms with van der Waals surface area (Å²) in [6, 6.07) is 15.4. The molecule has 0 saturated carbocycles. The van der Waals surface area contributed by atoms with E-state index >= 15 is 0 Å². The number of aliphatic carboxylic acids is 3. The fourth-order valence-corrected chi connectivity index (χ4v) is 1.97. The molecule has 0 aliphatic rings. The van der Waals surface area contributed by atoms with Crippen LogP contribution in [0.2, 0.25) is 0 Å². The molecule has 8 N–H and O–H groups in total. The van der Waals surface area contributed by atoms with Crippen molar-refractivity contribution < 1.29 is 86.4 Å². The van der Waals surface area contributed by atoms with E-state index in [0.717, 1.165) is 11.1 Å². The maximum Gasteiger partial charge on any atom is 0.322 e. The molecule has 214 valence electrons. The van der Waals surface area contributed by atoms with Gasteiger partial charge < -0.3 is 47.1 Å². The summed E-state index contributed by atoms with van der Waals surface area (Å²) in [5.74, 6) is -3.49.